The van der Waals surface area contributed by atoms with Gasteiger partial charge in [0.05, 0.1) is 0 Å². The van der Waals surface area contributed by atoms with Crippen LogP contribution in [0.15, 0.2) is 18.2 Å². The van der Waals surface area contributed by atoms with Crippen LogP contribution >= 0.6 is 0 Å². The first-order chi connectivity index (χ1) is 9.54. The minimum absolute atomic E-state index is 0.266. The van der Waals surface area contributed by atoms with Gasteiger partial charge in [0.15, 0.2) is 0 Å². The molecule has 0 bridgehead atoms. The molecule has 1 aromatic rings. The quantitative estimate of drug-likeness (QED) is 0.923. The number of carbonyl (C=O) groups excluding carboxylic acids is 1. The van der Waals surface area contributed by atoms with Crippen LogP contribution in [0, 0.1) is 17.6 Å². The number of piperidine rings is 1. The molecular weight excluding hydrogens is 262 g/mol. The molecule has 0 saturated carbocycles. The fourth-order valence-electron chi connectivity index (χ4n) is 2.76. The maximum absolute atomic E-state index is 13.7. The van der Waals surface area contributed by atoms with Crippen LogP contribution in [-0.4, -0.2) is 36.5 Å². The SMILES string of the molecule is CCNC1CCN(C(=O)c2c(F)cccc2F)CC1C. The van der Waals surface area contributed by atoms with Gasteiger partial charge in [0.1, 0.15) is 17.2 Å². The molecule has 1 saturated heterocycles. The summed E-state index contributed by atoms with van der Waals surface area (Å²) in [4.78, 5) is 13.8. The molecule has 1 N–H and O–H groups in total. The Morgan fingerprint density at radius 3 is 2.60 bits per heavy atom. The van der Waals surface area contributed by atoms with E-state index in [-0.39, 0.29) is 5.92 Å². The van der Waals surface area contributed by atoms with Crippen LogP contribution in [0.2, 0.25) is 0 Å². The van der Waals surface area contributed by atoms with Gasteiger partial charge in [-0.3, -0.25) is 4.79 Å². The average molecular weight is 282 g/mol. The molecule has 0 aliphatic carbocycles. The predicted octanol–water partition coefficient (Wildman–Crippen LogP) is 2.42. The van der Waals surface area contributed by atoms with Gasteiger partial charge in [-0.15, -0.1) is 0 Å². The standard InChI is InChI=1S/C15H20F2N2O/c1-3-18-13-7-8-19(9-10(13)2)15(20)14-11(16)5-4-6-12(14)17/h4-6,10,13,18H,3,7-9H2,1-2H3. The van der Waals surface area contributed by atoms with Crippen molar-refractivity contribution in [3.8, 4) is 0 Å². The van der Waals surface area contributed by atoms with Crippen molar-refractivity contribution >= 4 is 5.91 Å². The van der Waals surface area contributed by atoms with Crippen LogP contribution < -0.4 is 5.32 Å². The van der Waals surface area contributed by atoms with Crippen LogP contribution in [-0.2, 0) is 0 Å². The first-order valence-electron chi connectivity index (χ1n) is 7.01. The van der Waals surface area contributed by atoms with Crippen LogP contribution in [0.5, 0.6) is 0 Å². The molecule has 1 aliphatic heterocycles. The lowest BCUT2D eigenvalue weighted by molar-refractivity contribution is 0.0636. The summed E-state index contributed by atoms with van der Waals surface area (Å²) in [5.41, 5.74) is -0.443. The van der Waals surface area contributed by atoms with Crippen LogP contribution in [0.4, 0.5) is 8.78 Å². The Balaban J connectivity index is 2.12. The normalized spacial score (nSPS) is 22.9. The Morgan fingerprint density at radius 1 is 1.40 bits per heavy atom. The third-order valence-electron chi connectivity index (χ3n) is 3.84. The largest absolute Gasteiger partial charge is 0.338 e. The summed E-state index contributed by atoms with van der Waals surface area (Å²) < 4.78 is 27.3. The summed E-state index contributed by atoms with van der Waals surface area (Å²) >= 11 is 0. The third-order valence-corrected chi connectivity index (χ3v) is 3.84. The first kappa shape index (κ1) is 14.9. The van der Waals surface area contributed by atoms with E-state index in [1.165, 1.54) is 6.07 Å². The van der Waals surface area contributed by atoms with E-state index in [0.29, 0.717) is 19.1 Å². The molecule has 2 unspecified atom stereocenters. The molecule has 1 heterocycles. The van der Waals surface area contributed by atoms with Gasteiger partial charge in [0.2, 0.25) is 0 Å². The van der Waals surface area contributed by atoms with Crippen molar-refractivity contribution in [2.24, 2.45) is 5.92 Å². The van der Waals surface area contributed by atoms with Crippen molar-refractivity contribution < 1.29 is 13.6 Å². The molecule has 0 radical (unpaired) electrons. The Kier molecular flexibility index (Phi) is 4.70. The zero-order valence-corrected chi connectivity index (χ0v) is 11.8. The molecular formula is C15H20F2N2O. The van der Waals surface area contributed by atoms with Crippen molar-refractivity contribution in [3.63, 3.8) is 0 Å². The van der Waals surface area contributed by atoms with Crippen molar-refractivity contribution in [3.05, 3.63) is 35.4 Å². The average Bonchev–Trinajstić information content (AvgIpc) is 2.41. The Hall–Kier alpha value is -1.49. The highest BCUT2D eigenvalue weighted by molar-refractivity contribution is 5.94. The highest BCUT2D eigenvalue weighted by Crippen LogP contribution is 2.21. The highest BCUT2D eigenvalue weighted by atomic mass is 19.1. The fourth-order valence-corrected chi connectivity index (χ4v) is 2.76. The molecule has 1 aromatic carbocycles. The lowest BCUT2D eigenvalue weighted by atomic mass is 9.93. The number of hydrogen-bond acceptors (Lipinski definition) is 2. The number of halogens is 2. The van der Waals surface area contributed by atoms with E-state index in [4.69, 9.17) is 0 Å². The first-order valence-corrected chi connectivity index (χ1v) is 7.01. The van der Waals surface area contributed by atoms with Crippen molar-refractivity contribution in [2.75, 3.05) is 19.6 Å². The van der Waals surface area contributed by atoms with E-state index < -0.39 is 23.1 Å². The van der Waals surface area contributed by atoms with Gasteiger partial charge in [-0.2, -0.15) is 0 Å². The number of carbonyl (C=O) groups is 1. The summed E-state index contributed by atoms with van der Waals surface area (Å²) in [7, 11) is 0. The van der Waals surface area contributed by atoms with Crippen molar-refractivity contribution in [1.82, 2.24) is 10.2 Å². The van der Waals surface area contributed by atoms with Crippen LogP contribution in [0.1, 0.15) is 30.6 Å². The number of likely N-dealkylation sites (tertiary alicyclic amines) is 1. The predicted molar refractivity (Wildman–Crippen MR) is 73.5 cm³/mol. The fraction of sp³-hybridized carbons (Fsp3) is 0.533. The van der Waals surface area contributed by atoms with E-state index >= 15 is 0 Å². The minimum Gasteiger partial charge on any atom is -0.338 e. The number of rotatable bonds is 3. The maximum atomic E-state index is 13.7. The second-order valence-corrected chi connectivity index (χ2v) is 5.28. The topological polar surface area (TPSA) is 32.3 Å². The summed E-state index contributed by atoms with van der Waals surface area (Å²) in [5.74, 6) is -1.88. The van der Waals surface area contributed by atoms with E-state index in [1.54, 1.807) is 4.90 Å². The molecule has 1 fully saturated rings. The van der Waals surface area contributed by atoms with E-state index in [9.17, 15) is 13.6 Å². The molecule has 3 nitrogen and oxygen atoms in total. The van der Waals surface area contributed by atoms with E-state index in [2.05, 4.69) is 5.32 Å². The van der Waals surface area contributed by atoms with Crippen molar-refractivity contribution in [2.45, 2.75) is 26.3 Å². The summed E-state index contributed by atoms with van der Waals surface area (Å²) in [5, 5.41) is 3.37. The molecule has 2 atom stereocenters. The van der Waals surface area contributed by atoms with E-state index in [0.717, 1.165) is 25.1 Å². The smallest absolute Gasteiger partial charge is 0.259 e. The molecule has 1 aliphatic rings. The van der Waals surface area contributed by atoms with Gasteiger partial charge in [0.25, 0.3) is 5.91 Å². The highest BCUT2D eigenvalue weighted by Gasteiger charge is 2.30. The lowest BCUT2D eigenvalue weighted by Gasteiger charge is -2.37. The van der Waals surface area contributed by atoms with Gasteiger partial charge < -0.3 is 10.2 Å². The molecule has 20 heavy (non-hydrogen) atoms. The van der Waals surface area contributed by atoms with Gasteiger partial charge >= 0.3 is 0 Å². The van der Waals surface area contributed by atoms with Gasteiger partial charge in [-0.05, 0) is 31.0 Å². The molecule has 0 spiro atoms. The zero-order valence-electron chi connectivity index (χ0n) is 11.8. The maximum Gasteiger partial charge on any atom is 0.259 e. The van der Waals surface area contributed by atoms with Crippen LogP contribution in [0.25, 0.3) is 0 Å². The number of hydrogen-bond donors (Lipinski definition) is 1. The summed E-state index contributed by atoms with van der Waals surface area (Å²) in [6.07, 6.45) is 0.802. The van der Waals surface area contributed by atoms with Gasteiger partial charge in [0, 0.05) is 19.1 Å². The Bertz CT molecular complexity index is 473. The molecule has 5 heteroatoms. The number of nitrogens with one attached hydrogen (secondary N) is 1. The number of amides is 1. The number of benzene rings is 1. The van der Waals surface area contributed by atoms with Gasteiger partial charge in [-0.25, -0.2) is 8.78 Å². The monoisotopic (exact) mass is 282 g/mol. The van der Waals surface area contributed by atoms with Crippen molar-refractivity contribution in [1.29, 1.82) is 0 Å². The second-order valence-electron chi connectivity index (χ2n) is 5.28. The molecule has 2 rings (SSSR count). The molecule has 1 amide bonds. The molecule has 0 aromatic heterocycles. The second kappa shape index (κ2) is 6.31. The summed E-state index contributed by atoms with van der Waals surface area (Å²) in [6.45, 7) is 6.01. The lowest BCUT2D eigenvalue weighted by Crippen LogP contribution is -2.50. The van der Waals surface area contributed by atoms with E-state index in [1.807, 2.05) is 13.8 Å². The summed E-state index contributed by atoms with van der Waals surface area (Å²) in [6, 6.07) is 3.85. The Labute approximate surface area is 118 Å². The Morgan fingerprint density at radius 2 is 2.05 bits per heavy atom. The van der Waals surface area contributed by atoms with Gasteiger partial charge in [-0.1, -0.05) is 19.9 Å². The third kappa shape index (κ3) is 2.98. The van der Waals surface area contributed by atoms with Crippen LogP contribution in [0.3, 0.4) is 0 Å². The minimum atomic E-state index is -0.795. The molecule has 110 valence electrons. The number of nitrogens with zero attached hydrogens (tertiary/aromatic N) is 1. The zero-order chi connectivity index (χ0) is 14.7.